The molecule has 0 unspecified atom stereocenters. The molecule has 2 N–H and O–H groups in total. The van der Waals surface area contributed by atoms with Gasteiger partial charge in [0.15, 0.2) is 0 Å². The number of nitrogens with zero attached hydrogens (tertiary/aromatic N) is 1. The molecule has 1 aromatic carbocycles. The molecule has 17 heavy (non-hydrogen) atoms. The molecule has 2 rings (SSSR count). The molecular formula is C14H18N2S. The average Bonchev–Trinajstić information content (AvgIpc) is 2.78. The van der Waals surface area contributed by atoms with E-state index in [1.54, 1.807) is 11.3 Å². The average molecular weight is 246 g/mol. The van der Waals surface area contributed by atoms with Crippen molar-refractivity contribution in [3.05, 3.63) is 40.2 Å². The van der Waals surface area contributed by atoms with Gasteiger partial charge in [0.2, 0.25) is 0 Å². The number of hydrogen-bond acceptors (Lipinski definition) is 3. The lowest BCUT2D eigenvalue weighted by molar-refractivity contribution is 0.586. The van der Waals surface area contributed by atoms with E-state index in [1.807, 2.05) is 0 Å². The third-order valence-corrected chi connectivity index (χ3v) is 3.90. The number of rotatable bonds is 2. The standard InChI is InChI=1S/C14H18N2S/c1-14(2,3)13-16-12(9-17-13)11-6-4-10(8-15)5-7-11/h4-7,9H,8,15H2,1-3H3. The van der Waals surface area contributed by atoms with Crippen LogP contribution in [0.15, 0.2) is 29.6 Å². The van der Waals surface area contributed by atoms with Gasteiger partial charge in [-0.25, -0.2) is 4.98 Å². The second-order valence-corrected chi connectivity index (χ2v) is 6.05. The zero-order chi connectivity index (χ0) is 12.5. The third kappa shape index (κ3) is 2.73. The molecule has 0 radical (unpaired) electrons. The molecule has 0 spiro atoms. The van der Waals surface area contributed by atoms with Crippen molar-refractivity contribution in [2.45, 2.75) is 32.7 Å². The molecule has 0 bridgehead atoms. The van der Waals surface area contributed by atoms with Crippen molar-refractivity contribution in [2.24, 2.45) is 5.73 Å². The Morgan fingerprint density at radius 3 is 2.29 bits per heavy atom. The summed E-state index contributed by atoms with van der Waals surface area (Å²) in [6.45, 7) is 7.15. The lowest BCUT2D eigenvalue weighted by Gasteiger charge is -2.13. The van der Waals surface area contributed by atoms with Gasteiger partial charge in [-0.2, -0.15) is 0 Å². The Balaban J connectivity index is 2.30. The van der Waals surface area contributed by atoms with Crippen LogP contribution in [-0.4, -0.2) is 4.98 Å². The molecular weight excluding hydrogens is 228 g/mol. The van der Waals surface area contributed by atoms with Gasteiger partial charge in [0, 0.05) is 22.9 Å². The van der Waals surface area contributed by atoms with Gasteiger partial charge in [-0.1, -0.05) is 45.0 Å². The molecule has 0 saturated heterocycles. The molecule has 0 aliphatic carbocycles. The summed E-state index contributed by atoms with van der Waals surface area (Å²) in [7, 11) is 0. The fourth-order valence-electron chi connectivity index (χ4n) is 1.56. The summed E-state index contributed by atoms with van der Waals surface area (Å²) in [5.41, 5.74) is 9.08. The van der Waals surface area contributed by atoms with E-state index in [1.165, 1.54) is 5.01 Å². The predicted octanol–water partition coefficient (Wildman–Crippen LogP) is 3.57. The number of hydrogen-bond donors (Lipinski definition) is 1. The maximum absolute atomic E-state index is 5.59. The van der Waals surface area contributed by atoms with Gasteiger partial charge in [0.25, 0.3) is 0 Å². The van der Waals surface area contributed by atoms with E-state index >= 15 is 0 Å². The van der Waals surface area contributed by atoms with Crippen molar-refractivity contribution in [3.8, 4) is 11.3 Å². The molecule has 0 atom stereocenters. The topological polar surface area (TPSA) is 38.9 Å². The second kappa shape index (κ2) is 4.59. The number of benzene rings is 1. The van der Waals surface area contributed by atoms with Crippen LogP contribution in [0.2, 0.25) is 0 Å². The summed E-state index contributed by atoms with van der Waals surface area (Å²) in [6.07, 6.45) is 0. The maximum Gasteiger partial charge on any atom is 0.0986 e. The minimum absolute atomic E-state index is 0.125. The first kappa shape index (κ1) is 12.3. The monoisotopic (exact) mass is 246 g/mol. The molecule has 90 valence electrons. The molecule has 0 aliphatic rings. The van der Waals surface area contributed by atoms with Crippen LogP contribution in [0.1, 0.15) is 31.3 Å². The third-order valence-electron chi connectivity index (χ3n) is 2.63. The first-order chi connectivity index (χ1) is 8.00. The van der Waals surface area contributed by atoms with Gasteiger partial charge in [-0.3, -0.25) is 0 Å². The highest BCUT2D eigenvalue weighted by molar-refractivity contribution is 7.10. The number of nitrogens with two attached hydrogens (primary N) is 1. The minimum Gasteiger partial charge on any atom is -0.326 e. The summed E-state index contributed by atoms with van der Waals surface area (Å²) >= 11 is 1.73. The van der Waals surface area contributed by atoms with E-state index in [0.717, 1.165) is 16.8 Å². The highest BCUT2D eigenvalue weighted by atomic mass is 32.1. The molecule has 0 amide bonds. The Kier molecular flexibility index (Phi) is 3.31. The first-order valence-electron chi connectivity index (χ1n) is 5.76. The Labute approximate surface area is 107 Å². The van der Waals surface area contributed by atoms with Gasteiger partial charge < -0.3 is 5.73 Å². The molecule has 0 fully saturated rings. The van der Waals surface area contributed by atoms with Gasteiger partial charge in [-0.05, 0) is 5.56 Å². The SMILES string of the molecule is CC(C)(C)c1nc(-c2ccc(CN)cc2)cs1. The molecule has 0 saturated carbocycles. The van der Waals surface area contributed by atoms with Crippen molar-refractivity contribution in [2.75, 3.05) is 0 Å². The van der Waals surface area contributed by atoms with E-state index in [0.29, 0.717) is 6.54 Å². The van der Waals surface area contributed by atoms with Gasteiger partial charge in [-0.15, -0.1) is 11.3 Å². The lowest BCUT2D eigenvalue weighted by Crippen LogP contribution is -2.10. The summed E-state index contributed by atoms with van der Waals surface area (Å²) in [5, 5.41) is 3.30. The number of thiazole rings is 1. The van der Waals surface area contributed by atoms with Crippen molar-refractivity contribution < 1.29 is 0 Å². The van der Waals surface area contributed by atoms with Crippen LogP contribution in [0.4, 0.5) is 0 Å². The minimum atomic E-state index is 0.125. The number of aromatic nitrogens is 1. The zero-order valence-electron chi connectivity index (χ0n) is 10.5. The van der Waals surface area contributed by atoms with Gasteiger partial charge in [0.05, 0.1) is 10.7 Å². The van der Waals surface area contributed by atoms with Crippen LogP contribution >= 0.6 is 11.3 Å². The highest BCUT2D eigenvalue weighted by Gasteiger charge is 2.18. The molecule has 1 heterocycles. The van der Waals surface area contributed by atoms with Crippen LogP contribution < -0.4 is 5.73 Å². The van der Waals surface area contributed by atoms with Crippen LogP contribution in [-0.2, 0) is 12.0 Å². The fraction of sp³-hybridized carbons (Fsp3) is 0.357. The normalized spacial score (nSPS) is 11.8. The summed E-state index contributed by atoms with van der Waals surface area (Å²) in [5.74, 6) is 0. The summed E-state index contributed by atoms with van der Waals surface area (Å²) in [6, 6.07) is 8.30. The quantitative estimate of drug-likeness (QED) is 0.880. The Morgan fingerprint density at radius 2 is 1.82 bits per heavy atom. The van der Waals surface area contributed by atoms with Gasteiger partial charge >= 0.3 is 0 Å². The molecule has 3 heteroatoms. The summed E-state index contributed by atoms with van der Waals surface area (Å²) < 4.78 is 0. The van der Waals surface area contributed by atoms with Crippen molar-refractivity contribution in [1.29, 1.82) is 0 Å². The van der Waals surface area contributed by atoms with Crippen molar-refractivity contribution >= 4 is 11.3 Å². The first-order valence-corrected chi connectivity index (χ1v) is 6.64. The van der Waals surface area contributed by atoms with Crippen LogP contribution in [0.3, 0.4) is 0 Å². The lowest BCUT2D eigenvalue weighted by atomic mass is 9.98. The highest BCUT2D eigenvalue weighted by Crippen LogP contribution is 2.29. The van der Waals surface area contributed by atoms with Crippen LogP contribution in [0, 0.1) is 0 Å². The van der Waals surface area contributed by atoms with E-state index in [4.69, 9.17) is 10.7 Å². The van der Waals surface area contributed by atoms with Gasteiger partial charge in [0.1, 0.15) is 0 Å². The van der Waals surface area contributed by atoms with E-state index in [9.17, 15) is 0 Å². The Morgan fingerprint density at radius 1 is 1.18 bits per heavy atom. The van der Waals surface area contributed by atoms with Crippen LogP contribution in [0.5, 0.6) is 0 Å². The van der Waals surface area contributed by atoms with E-state index in [-0.39, 0.29) is 5.41 Å². The molecule has 2 aromatic rings. The largest absolute Gasteiger partial charge is 0.326 e. The van der Waals surface area contributed by atoms with Crippen molar-refractivity contribution in [1.82, 2.24) is 4.98 Å². The molecule has 2 nitrogen and oxygen atoms in total. The maximum atomic E-state index is 5.59. The Hall–Kier alpha value is -1.19. The van der Waals surface area contributed by atoms with E-state index in [2.05, 4.69) is 50.4 Å². The zero-order valence-corrected chi connectivity index (χ0v) is 11.3. The fourth-order valence-corrected chi connectivity index (χ4v) is 2.48. The predicted molar refractivity (Wildman–Crippen MR) is 74.1 cm³/mol. The van der Waals surface area contributed by atoms with E-state index < -0.39 is 0 Å². The summed E-state index contributed by atoms with van der Waals surface area (Å²) in [4.78, 5) is 4.69. The smallest absolute Gasteiger partial charge is 0.0986 e. The molecule has 1 aromatic heterocycles. The molecule has 0 aliphatic heterocycles. The van der Waals surface area contributed by atoms with Crippen LogP contribution in [0.25, 0.3) is 11.3 Å². The second-order valence-electron chi connectivity index (χ2n) is 5.19. The Bertz CT molecular complexity index is 492. The van der Waals surface area contributed by atoms with Crippen molar-refractivity contribution in [3.63, 3.8) is 0 Å².